The highest BCUT2D eigenvalue weighted by Crippen LogP contribution is 2.19. The Morgan fingerprint density at radius 2 is 2.29 bits per heavy atom. The quantitative estimate of drug-likeness (QED) is 0.799. The highest BCUT2D eigenvalue weighted by molar-refractivity contribution is 5.87. The van der Waals surface area contributed by atoms with Crippen molar-refractivity contribution in [2.45, 2.75) is 25.9 Å². The highest BCUT2D eigenvalue weighted by atomic mass is 16.4. The molecule has 1 aliphatic rings. The van der Waals surface area contributed by atoms with Crippen LogP contribution in [0.25, 0.3) is 0 Å². The van der Waals surface area contributed by atoms with Crippen LogP contribution in [0.3, 0.4) is 0 Å². The molecule has 1 N–H and O–H groups in total. The molecule has 1 atom stereocenters. The van der Waals surface area contributed by atoms with Gasteiger partial charge < -0.3 is 14.4 Å². The number of carboxylic acid groups (broad SMARTS) is 1. The lowest BCUT2D eigenvalue weighted by molar-refractivity contribution is -0.149. The van der Waals surface area contributed by atoms with E-state index in [4.69, 9.17) is 9.52 Å². The van der Waals surface area contributed by atoms with Gasteiger partial charge in [-0.05, 0) is 19.1 Å². The summed E-state index contributed by atoms with van der Waals surface area (Å²) in [6.07, 6.45) is 1.45. The number of hydrogen-bond acceptors (Lipinski definition) is 4. The molecule has 21 heavy (non-hydrogen) atoms. The average molecular weight is 292 g/mol. The first-order valence-electron chi connectivity index (χ1n) is 6.92. The molecule has 0 saturated carbocycles. The number of hydrogen-bond donors (Lipinski definition) is 1. The van der Waals surface area contributed by atoms with Crippen LogP contribution in [0.2, 0.25) is 0 Å². The maximum atomic E-state index is 12.4. The third kappa shape index (κ3) is 3.72. The van der Waals surface area contributed by atoms with E-state index < -0.39 is 12.0 Å². The Labute approximate surface area is 123 Å². The van der Waals surface area contributed by atoms with Gasteiger partial charge in [0.05, 0.1) is 13.0 Å². The van der Waals surface area contributed by atoms with Crippen LogP contribution in [0, 0.1) is 6.92 Å². The fraction of sp³-hybridized carbons (Fsp3) is 0.467. The van der Waals surface area contributed by atoms with Gasteiger partial charge in [0, 0.05) is 19.6 Å². The Morgan fingerprint density at radius 3 is 2.86 bits per heavy atom. The van der Waals surface area contributed by atoms with Gasteiger partial charge in [0.1, 0.15) is 17.6 Å². The second-order valence-electron chi connectivity index (χ2n) is 5.17. The van der Waals surface area contributed by atoms with Crippen LogP contribution in [-0.2, 0) is 16.1 Å². The van der Waals surface area contributed by atoms with Crippen molar-refractivity contribution >= 4 is 11.9 Å². The van der Waals surface area contributed by atoms with Gasteiger partial charge >= 0.3 is 5.97 Å². The monoisotopic (exact) mass is 292 g/mol. The first-order chi connectivity index (χ1) is 10.0. The number of aryl methyl sites for hydroxylation is 1. The second kappa shape index (κ2) is 6.58. The van der Waals surface area contributed by atoms with Crippen LogP contribution in [0.4, 0.5) is 0 Å². The minimum atomic E-state index is -0.977. The first-order valence-corrected chi connectivity index (χ1v) is 6.92. The van der Waals surface area contributed by atoms with Gasteiger partial charge in [-0.25, -0.2) is 0 Å². The number of rotatable bonds is 6. The van der Waals surface area contributed by atoms with Crippen molar-refractivity contribution in [2.75, 3.05) is 19.6 Å². The Morgan fingerprint density at radius 1 is 1.52 bits per heavy atom. The van der Waals surface area contributed by atoms with E-state index in [0.717, 1.165) is 11.5 Å². The van der Waals surface area contributed by atoms with Crippen molar-refractivity contribution in [2.24, 2.45) is 0 Å². The molecule has 1 aromatic rings. The molecule has 2 rings (SSSR count). The summed E-state index contributed by atoms with van der Waals surface area (Å²) in [6, 6.07) is 3.06. The van der Waals surface area contributed by atoms with Gasteiger partial charge in [-0.1, -0.05) is 6.08 Å². The maximum absolute atomic E-state index is 12.4. The summed E-state index contributed by atoms with van der Waals surface area (Å²) in [4.78, 5) is 27.0. The summed E-state index contributed by atoms with van der Waals surface area (Å²) >= 11 is 0. The molecule has 1 unspecified atom stereocenters. The molecule has 1 amide bonds. The number of piperazine rings is 1. The first kappa shape index (κ1) is 15.3. The van der Waals surface area contributed by atoms with Crippen LogP contribution in [0.15, 0.2) is 29.2 Å². The maximum Gasteiger partial charge on any atom is 0.305 e. The summed E-state index contributed by atoms with van der Waals surface area (Å²) in [5, 5.41) is 9.05. The Bertz CT molecular complexity index is 538. The molecule has 2 heterocycles. The van der Waals surface area contributed by atoms with Crippen LogP contribution in [0.5, 0.6) is 0 Å². The van der Waals surface area contributed by atoms with Crippen LogP contribution >= 0.6 is 0 Å². The van der Waals surface area contributed by atoms with E-state index >= 15 is 0 Å². The van der Waals surface area contributed by atoms with Gasteiger partial charge in [-0.15, -0.1) is 6.58 Å². The third-order valence-electron chi connectivity index (χ3n) is 3.57. The van der Waals surface area contributed by atoms with Crippen molar-refractivity contribution in [1.29, 1.82) is 0 Å². The standard InChI is InChI=1S/C15H20N2O4/c1-3-6-16-7-8-17(10-12-5-4-11(2)21-12)13(15(16)20)9-14(18)19/h3-5,13H,1,6-10H2,2H3,(H,18,19). The third-order valence-corrected chi connectivity index (χ3v) is 3.57. The van der Waals surface area contributed by atoms with E-state index in [1.807, 2.05) is 24.0 Å². The van der Waals surface area contributed by atoms with E-state index in [1.165, 1.54) is 0 Å². The van der Waals surface area contributed by atoms with Gasteiger partial charge in [-0.2, -0.15) is 0 Å². The molecule has 6 nitrogen and oxygen atoms in total. The lowest BCUT2D eigenvalue weighted by Crippen LogP contribution is -2.57. The summed E-state index contributed by atoms with van der Waals surface area (Å²) in [6.45, 7) is 7.56. The summed E-state index contributed by atoms with van der Waals surface area (Å²) in [5.41, 5.74) is 0. The smallest absolute Gasteiger partial charge is 0.305 e. The number of aliphatic carboxylic acids is 1. The van der Waals surface area contributed by atoms with E-state index in [9.17, 15) is 9.59 Å². The van der Waals surface area contributed by atoms with Crippen molar-refractivity contribution in [3.05, 3.63) is 36.3 Å². The molecule has 0 spiro atoms. The fourth-order valence-corrected chi connectivity index (χ4v) is 2.56. The predicted octanol–water partition coefficient (Wildman–Crippen LogP) is 1.26. The molecule has 0 radical (unpaired) electrons. The molecule has 6 heteroatoms. The lowest BCUT2D eigenvalue weighted by atomic mass is 10.1. The van der Waals surface area contributed by atoms with Gasteiger partial charge in [0.25, 0.3) is 0 Å². The zero-order valence-electron chi connectivity index (χ0n) is 12.1. The van der Waals surface area contributed by atoms with Gasteiger partial charge in [0.2, 0.25) is 5.91 Å². The van der Waals surface area contributed by atoms with Crippen molar-refractivity contribution in [3.8, 4) is 0 Å². The number of carbonyl (C=O) groups is 2. The summed E-state index contributed by atoms with van der Waals surface area (Å²) in [7, 11) is 0. The summed E-state index contributed by atoms with van der Waals surface area (Å²) < 4.78 is 5.52. The molecule has 1 aromatic heterocycles. The van der Waals surface area contributed by atoms with E-state index in [-0.39, 0.29) is 12.3 Å². The van der Waals surface area contributed by atoms with E-state index in [2.05, 4.69) is 6.58 Å². The molecule has 0 aliphatic carbocycles. The predicted molar refractivity (Wildman–Crippen MR) is 76.7 cm³/mol. The Balaban J connectivity index is 2.12. The van der Waals surface area contributed by atoms with Crippen LogP contribution in [-0.4, -0.2) is 52.5 Å². The van der Waals surface area contributed by atoms with Crippen LogP contribution < -0.4 is 0 Å². The molecule has 1 saturated heterocycles. The van der Waals surface area contributed by atoms with E-state index in [1.54, 1.807) is 11.0 Å². The largest absolute Gasteiger partial charge is 0.481 e. The molecule has 1 fully saturated rings. The minimum absolute atomic E-state index is 0.160. The Kier molecular flexibility index (Phi) is 4.80. The van der Waals surface area contributed by atoms with Crippen molar-refractivity contribution in [3.63, 3.8) is 0 Å². The zero-order valence-corrected chi connectivity index (χ0v) is 12.1. The van der Waals surface area contributed by atoms with E-state index in [0.29, 0.717) is 26.2 Å². The molecule has 0 aromatic carbocycles. The fourth-order valence-electron chi connectivity index (χ4n) is 2.56. The SMILES string of the molecule is C=CCN1CCN(Cc2ccc(C)o2)C(CC(=O)O)C1=O. The number of carbonyl (C=O) groups excluding carboxylic acids is 1. The molecule has 114 valence electrons. The van der Waals surface area contributed by atoms with Crippen molar-refractivity contribution < 1.29 is 19.1 Å². The normalized spacial score (nSPS) is 19.8. The van der Waals surface area contributed by atoms with Gasteiger partial charge in [-0.3, -0.25) is 14.5 Å². The zero-order chi connectivity index (χ0) is 15.4. The molecule has 1 aliphatic heterocycles. The number of amides is 1. The second-order valence-corrected chi connectivity index (χ2v) is 5.17. The molecular weight excluding hydrogens is 272 g/mol. The van der Waals surface area contributed by atoms with Crippen molar-refractivity contribution in [1.82, 2.24) is 9.80 Å². The molecular formula is C15H20N2O4. The van der Waals surface area contributed by atoms with Gasteiger partial charge in [0.15, 0.2) is 0 Å². The van der Waals surface area contributed by atoms with Crippen LogP contribution in [0.1, 0.15) is 17.9 Å². The molecule has 0 bridgehead atoms. The topological polar surface area (TPSA) is 74.0 Å². The number of carboxylic acids is 1. The average Bonchev–Trinajstić information content (AvgIpc) is 2.82. The highest BCUT2D eigenvalue weighted by Gasteiger charge is 2.36. The Hall–Kier alpha value is -2.08. The number of furan rings is 1. The lowest BCUT2D eigenvalue weighted by Gasteiger charge is -2.39. The minimum Gasteiger partial charge on any atom is -0.481 e. The summed E-state index contributed by atoms with van der Waals surface area (Å²) in [5.74, 6) is 0.408. The number of nitrogens with zero attached hydrogens (tertiary/aromatic N) is 2.